The van der Waals surface area contributed by atoms with Crippen LogP contribution in [-0.2, 0) is 5.54 Å². The molecule has 0 heterocycles. The van der Waals surface area contributed by atoms with E-state index in [9.17, 15) is 5.26 Å². The topological polar surface area (TPSA) is 39.1 Å². The van der Waals surface area contributed by atoms with Crippen LogP contribution in [0.1, 0.15) is 32.3 Å². The summed E-state index contributed by atoms with van der Waals surface area (Å²) in [6.45, 7) is 6.30. The van der Waals surface area contributed by atoms with Crippen molar-refractivity contribution in [2.75, 3.05) is 20.1 Å². The van der Waals surface area contributed by atoms with Crippen LogP contribution in [0, 0.1) is 17.2 Å². The van der Waals surface area contributed by atoms with Crippen molar-refractivity contribution in [2.45, 2.75) is 38.3 Å². The molecule has 1 atom stereocenters. The van der Waals surface area contributed by atoms with Crippen LogP contribution in [0.3, 0.4) is 0 Å². The molecule has 0 radical (unpaired) electrons. The van der Waals surface area contributed by atoms with E-state index in [0.717, 1.165) is 18.7 Å². The second kappa shape index (κ2) is 6.39. The van der Waals surface area contributed by atoms with E-state index in [1.165, 1.54) is 12.8 Å². The number of nitrogens with one attached hydrogen (secondary N) is 1. The quantitative estimate of drug-likeness (QED) is 0.829. The second-order valence-corrected chi connectivity index (χ2v) is 6.19. The van der Waals surface area contributed by atoms with Gasteiger partial charge in [-0.25, -0.2) is 0 Å². The number of nitriles is 1. The van der Waals surface area contributed by atoms with Gasteiger partial charge in [0, 0.05) is 19.1 Å². The summed E-state index contributed by atoms with van der Waals surface area (Å²) in [5.41, 5.74) is 0.443. The zero-order chi connectivity index (χ0) is 14.6. The molecule has 20 heavy (non-hydrogen) atoms. The van der Waals surface area contributed by atoms with E-state index in [4.69, 9.17) is 0 Å². The summed E-state index contributed by atoms with van der Waals surface area (Å²) in [7, 11) is 1.89. The van der Waals surface area contributed by atoms with Crippen molar-refractivity contribution < 1.29 is 0 Å². The monoisotopic (exact) mass is 271 g/mol. The number of nitrogens with zero attached hydrogens (tertiary/aromatic N) is 2. The van der Waals surface area contributed by atoms with Gasteiger partial charge in [0.15, 0.2) is 0 Å². The summed E-state index contributed by atoms with van der Waals surface area (Å²) in [6.07, 6.45) is 2.54. The molecule has 0 amide bonds. The molecule has 3 nitrogen and oxygen atoms in total. The number of hydrogen-bond acceptors (Lipinski definition) is 3. The molecule has 1 N–H and O–H groups in total. The number of likely N-dealkylation sites (N-methyl/N-ethyl adjacent to an activating group) is 1. The third-order valence-electron chi connectivity index (χ3n) is 3.99. The third-order valence-corrected chi connectivity index (χ3v) is 3.99. The van der Waals surface area contributed by atoms with Gasteiger partial charge in [0.1, 0.15) is 5.54 Å². The lowest BCUT2D eigenvalue weighted by atomic mass is 9.90. The molecule has 2 rings (SSSR count). The Balaban J connectivity index is 2.22. The van der Waals surface area contributed by atoms with Gasteiger partial charge in [-0.15, -0.1) is 0 Å². The van der Waals surface area contributed by atoms with E-state index in [0.29, 0.717) is 12.0 Å². The fourth-order valence-corrected chi connectivity index (χ4v) is 2.75. The Morgan fingerprint density at radius 3 is 2.45 bits per heavy atom. The molecule has 3 heteroatoms. The number of benzene rings is 1. The molecule has 0 spiro atoms. The molecule has 1 unspecified atom stereocenters. The van der Waals surface area contributed by atoms with Crippen molar-refractivity contribution in [2.24, 2.45) is 5.92 Å². The van der Waals surface area contributed by atoms with E-state index >= 15 is 0 Å². The average molecular weight is 271 g/mol. The maximum Gasteiger partial charge on any atom is 0.144 e. The summed E-state index contributed by atoms with van der Waals surface area (Å²) >= 11 is 0. The lowest BCUT2D eigenvalue weighted by molar-refractivity contribution is 0.188. The van der Waals surface area contributed by atoms with Gasteiger partial charge >= 0.3 is 0 Å². The highest BCUT2D eigenvalue weighted by Gasteiger charge is 2.38. The van der Waals surface area contributed by atoms with Crippen molar-refractivity contribution in [3.8, 4) is 6.07 Å². The first-order chi connectivity index (χ1) is 9.61. The predicted molar refractivity (Wildman–Crippen MR) is 82.2 cm³/mol. The lowest BCUT2D eigenvalue weighted by Gasteiger charge is -2.34. The van der Waals surface area contributed by atoms with Crippen LogP contribution in [0.4, 0.5) is 0 Å². The lowest BCUT2D eigenvalue weighted by Crippen LogP contribution is -2.50. The van der Waals surface area contributed by atoms with Crippen LogP contribution < -0.4 is 5.32 Å². The van der Waals surface area contributed by atoms with Gasteiger partial charge in [-0.1, -0.05) is 44.2 Å². The van der Waals surface area contributed by atoms with E-state index in [2.05, 4.69) is 30.1 Å². The molecular formula is C17H25N3. The highest BCUT2D eigenvalue weighted by Crippen LogP contribution is 2.31. The minimum Gasteiger partial charge on any atom is -0.298 e. The predicted octanol–water partition coefficient (Wildman–Crippen LogP) is 2.75. The van der Waals surface area contributed by atoms with E-state index in [-0.39, 0.29) is 0 Å². The Morgan fingerprint density at radius 2 is 2.00 bits per heavy atom. The first kappa shape index (κ1) is 15.0. The van der Waals surface area contributed by atoms with Gasteiger partial charge in [-0.05, 0) is 31.4 Å². The standard InChI is InChI=1S/C17H25N3/c1-14(2)11-20(16-9-10-16)13-17(12-18,19-3)15-7-5-4-6-8-15/h4-8,14,16,19H,9-11,13H2,1-3H3. The fraction of sp³-hybridized carbons (Fsp3) is 0.588. The Labute approximate surface area is 122 Å². The van der Waals surface area contributed by atoms with Crippen molar-refractivity contribution in [1.82, 2.24) is 10.2 Å². The second-order valence-electron chi connectivity index (χ2n) is 6.19. The molecule has 108 valence electrons. The number of rotatable bonds is 7. The molecule has 1 aromatic rings. The highest BCUT2D eigenvalue weighted by molar-refractivity contribution is 5.32. The SMILES string of the molecule is CNC(C#N)(CN(CC(C)C)C1CC1)c1ccccc1. The molecule has 1 aromatic carbocycles. The first-order valence-corrected chi connectivity index (χ1v) is 7.51. The maximum absolute atomic E-state index is 9.78. The summed E-state index contributed by atoms with van der Waals surface area (Å²) in [5.74, 6) is 0.625. The average Bonchev–Trinajstić information content (AvgIpc) is 3.29. The van der Waals surface area contributed by atoms with Crippen LogP contribution >= 0.6 is 0 Å². The molecule has 1 saturated carbocycles. The van der Waals surface area contributed by atoms with Gasteiger partial charge < -0.3 is 0 Å². The van der Waals surface area contributed by atoms with Gasteiger partial charge in [0.25, 0.3) is 0 Å². The Bertz CT molecular complexity index is 459. The molecule has 1 aliphatic carbocycles. The van der Waals surface area contributed by atoms with E-state index < -0.39 is 5.54 Å². The van der Waals surface area contributed by atoms with E-state index in [1.54, 1.807) is 0 Å². The van der Waals surface area contributed by atoms with Gasteiger partial charge in [0.2, 0.25) is 0 Å². The van der Waals surface area contributed by atoms with Gasteiger partial charge in [-0.3, -0.25) is 10.2 Å². The maximum atomic E-state index is 9.78. The summed E-state index contributed by atoms with van der Waals surface area (Å²) in [4.78, 5) is 2.48. The third kappa shape index (κ3) is 3.39. The smallest absolute Gasteiger partial charge is 0.144 e. The molecule has 0 bridgehead atoms. The van der Waals surface area contributed by atoms with Gasteiger partial charge in [-0.2, -0.15) is 5.26 Å². The summed E-state index contributed by atoms with van der Waals surface area (Å²) < 4.78 is 0. The van der Waals surface area contributed by atoms with Crippen molar-refractivity contribution in [3.05, 3.63) is 35.9 Å². The number of hydrogen-bond donors (Lipinski definition) is 1. The van der Waals surface area contributed by atoms with Gasteiger partial charge in [0.05, 0.1) is 6.07 Å². The van der Waals surface area contributed by atoms with Crippen LogP contribution in [0.2, 0.25) is 0 Å². The highest BCUT2D eigenvalue weighted by atomic mass is 15.2. The van der Waals surface area contributed by atoms with Crippen LogP contribution in [-0.4, -0.2) is 31.1 Å². The molecule has 1 aliphatic rings. The minimum absolute atomic E-state index is 0.612. The molecule has 0 aliphatic heterocycles. The van der Waals surface area contributed by atoms with Crippen LogP contribution in [0.25, 0.3) is 0 Å². The fourth-order valence-electron chi connectivity index (χ4n) is 2.75. The zero-order valence-corrected chi connectivity index (χ0v) is 12.8. The Morgan fingerprint density at radius 1 is 1.35 bits per heavy atom. The van der Waals surface area contributed by atoms with E-state index in [1.807, 2.05) is 37.4 Å². The van der Waals surface area contributed by atoms with Crippen molar-refractivity contribution in [3.63, 3.8) is 0 Å². The van der Waals surface area contributed by atoms with Crippen LogP contribution in [0.5, 0.6) is 0 Å². The molecular weight excluding hydrogens is 246 g/mol. The Hall–Kier alpha value is -1.37. The molecule has 0 aromatic heterocycles. The zero-order valence-electron chi connectivity index (χ0n) is 12.8. The Kier molecular flexibility index (Phi) is 4.80. The van der Waals surface area contributed by atoms with Crippen molar-refractivity contribution >= 4 is 0 Å². The minimum atomic E-state index is -0.612. The normalized spacial score (nSPS) is 18.0. The first-order valence-electron chi connectivity index (χ1n) is 7.51. The van der Waals surface area contributed by atoms with Crippen LogP contribution in [0.15, 0.2) is 30.3 Å². The summed E-state index contributed by atoms with van der Waals surface area (Å²) in [5, 5.41) is 13.0. The largest absolute Gasteiger partial charge is 0.298 e. The molecule has 1 fully saturated rings. The summed E-state index contributed by atoms with van der Waals surface area (Å²) in [6, 6.07) is 13.3. The molecule has 0 saturated heterocycles. The van der Waals surface area contributed by atoms with Crippen molar-refractivity contribution in [1.29, 1.82) is 5.26 Å².